The molecule has 3 aromatic rings. The van der Waals surface area contributed by atoms with Crippen molar-refractivity contribution < 1.29 is 0 Å². The minimum atomic E-state index is 0.774. The lowest BCUT2D eigenvalue weighted by Gasteiger charge is -2.08. The summed E-state index contributed by atoms with van der Waals surface area (Å²) < 4.78 is 0. The first kappa shape index (κ1) is 14.0. The molecule has 0 spiro atoms. The number of aromatic nitrogens is 2. The van der Waals surface area contributed by atoms with Gasteiger partial charge in [-0.15, -0.1) is 11.3 Å². The molecule has 0 fully saturated rings. The van der Waals surface area contributed by atoms with Crippen molar-refractivity contribution in [3.8, 4) is 0 Å². The molecule has 1 N–H and O–H groups in total. The predicted octanol–water partition coefficient (Wildman–Crippen LogP) is 4.41. The van der Waals surface area contributed by atoms with E-state index in [2.05, 4.69) is 54.9 Å². The Kier molecular flexibility index (Phi) is 4.15. The molecular formula is C17H19N3S. The quantitative estimate of drug-likeness (QED) is 0.758. The van der Waals surface area contributed by atoms with Crippen LogP contribution >= 0.6 is 11.3 Å². The molecule has 0 aliphatic rings. The van der Waals surface area contributed by atoms with E-state index in [-0.39, 0.29) is 0 Å². The van der Waals surface area contributed by atoms with Crippen LogP contribution in [0.25, 0.3) is 10.2 Å². The van der Waals surface area contributed by atoms with Gasteiger partial charge in [-0.25, -0.2) is 9.97 Å². The minimum Gasteiger partial charge on any atom is -0.369 e. The highest BCUT2D eigenvalue weighted by atomic mass is 32.1. The third-order valence-corrected chi connectivity index (χ3v) is 4.17. The Balaban J connectivity index is 1.94. The van der Waals surface area contributed by atoms with Gasteiger partial charge in [-0.05, 0) is 30.4 Å². The number of nitrogens with zero attached hydrogens (tertiary/aromatic N) is 2. The van der Waals surface area contributed by atoms with Crippen molar-refractivity contribution >= 4 is 27.4 Å². The summed E-state index contributed by atoms with van der Waals surface area (Å²) in [5.74, 6) is 1.85. The fourth-order valence-electron chi connectivity index (χ4n) is 2.36. The van der Waals surface area contributed by atoms with Gasteiger partial charge in [0.2, 0.25) is 0 Å². The summed E-state index contributed by atoms with van der Waals surface area (Å²) in [6.45, 7) is 5.21. The van der Waals surface area contributed by atoms with E-state index in [1.165, 1.54) is 11.1 Å². The number of hydrogen-bond acceptors (Lipinski definition) is 4. The van der Waals surface area contributed by atoms with Crippen molar-refractivity contribution in [2.24, 2.45) is 0 Å². The van der Waals surface area contributed by atoms with Crippen LogP contribution in [0.4, 0.5) is 5.82 Å². The van der Waals surface area contributed by atoms with Gasteiger partial charge in [0, 0.05) is 13.0 Å². The van der Waals surface area contributed by atoms with Crippen molar-refractivity contribution in [3.05, 3.63) is 52.7 Å². The molecule has 4 heteroatoms. The third-order valence-electron chi connectivity index (χ3n) is 3.36. The monoisotopic (exact) mass is 297 g/mol. The van der Waals surface area contributed by atoms with Crippen molar-refractivity contribution in [1.29, 1.82) is 0 Å². The van der Waals surface area contributed by atoms with Crippen molar-refractivity contribution in [1.82, 2.24) is 9.97 Å². The van der Waals surface area contributed by atoms with Crippen LogP contribution in [0, 0.1) is 6.92 Å². The Morgan fingerprint density at radius 1 is 1.19 bits per heavy atom. The molecule has 3 nitrogen and oxygen atoms in total. The van der Waals surface area contributed by atoms with Gasteiger partial charge in [0.1, 0.15) is 16.5 Å². The molecule has 21 heavy (non-hydrogen) atoms. The molecule has 108 valence electrons. The fraction of sp³-hybridized carbons (Fsp3) is 0.294. The fourth-order valence-corrected chi connectivity index (χ4v) is 3.14. The summed E-state index contributed by atoms with van der Waals surface area (Å²) in [6, 6.07) is 10.6. The average molecular weight is 297 g/mol. The van der Waals surface area contributed by atoms with Crippen LogP contribution in [0.5, 0.6) is 0 Å². The molecular weight excluding hydrogens is 278 g/mol. The van der Waals surface area contributed by atoms with Gasteiger partial charge in [0.15, 0.2) is 0 Å². The van der Waals surface area contributed by atoms with E-state index in [9.17, 15) is 0 Å². The highest BCUT2D eigenvalue weighted by Crippen LogP contribution is 2.25. The van der Waals surface area contributed by atoms with Crippen LogP contribution in [0.3, 0.4) is 0 Å². The zero-order valence-electron chi connectivity index (χ0n) is 12.4. The van der Waals surface area contributed by atoms with Gasteiger partial charge >= 0.3 is 0 Å². The van der Waals surface area contributed by atoms with Crippen LogP contribution < -0.4 is 5.32 Å². The normalized spacial score (nSPS) is 11.0. The summed E-state index contributed by atoms with van der Waals surface area (Å²) >= 11 is 1.67. The second-order valence-corrected chi connectivity index (χ2v) is 6.12. The van der Waals surface area contributed by atoms with E-state index >= 15 is 0 Å². The summed E-state index contributed by atoms with van der Waals surface area (Å²) in [4.78, 5) is 10.5. The SMILES string of the molecule is CCCNc1nc(Cc2cccc(C)c2)nc2sccc12. The van der Waals surface area contributed by atoms with Crippen LogP contribution in [0.2, 0.25) is 0 Å². The third kappa shape index (κ3) is 3.22. The molecule has 0 saturated heterocycles. The Morgan fingerprint density at radius 2 is 2.10 bits per heavy atom. The smallest absolute Gasteiger partial charge is 0.138 e. The van der Waals surface area contributed by atoms with Crippen LogP contribution in [-0.2, 0) is 6.42 Å². The summed E-state index contributed by atoms with van der Waals surface area (Å²) in [5, 5.41) is 6.62. The first-order chi connectivity index (χ1) is 10.3. The highest BCUT2D eigenvalue weighted by molar-refractivity contribution is 7.16. The summed E-state index contributed by atoms with van der Waals surface area (Å²) in [6.07, 6.45) is 1.86. The molecule has 3 rings (SSSR count). The first-order valence-corrected chi connectivity index (χ1v) is 8.18. The second-order valence-electron chi connectivity index (χ2n) is 5.22. The molecule has 2 heterocycles. The van der Waals surface area contributed by atoms with Crippen LogP contribution in [0.15, 0.2) is 35.7 Å². The van der Waals surface area contributed by atoms with E-state index in [0.29, 0.717) is 0 Å². The average Bonchev–Trinajstić information content (AvgIpc) is 2.93. The Bertz CT molecular complexity index is 749. The van der Waals surface area contributed by atoms with Gasteiger partial charge < -0.3 is 5.32 Å². The van der Waals surface area contributed by atoms with E-state index in [4.69, 9.17) is 9.97 Å². The number of fused-ring (bicyclic) bond motifs is 1. The standard InChI is InChI=1S/C17H19N3S/c1-3-8-18-16-14-7-9-21-17(14)20-15(19-16)11-13-6-4-5-12(2)10-13/h4-7,9-10H,3,8,11H2,1-2H3,(H,18,19,20). The van der Waals surface area contributed by atoms with Gasteiger partial charge in [0.25, 0.3) is 0 Å². The van der Waals surface area contributed by atoms with E-state index in [0.717, 1.165) is 41.2 Å². The zero-order valence-corrected chi connectivity index (χ0v) is 13.2. The lowest BCUT2D eigenvalue weighted by atomic mass is 10.1. The maximum Gasteiger partial charge on any atom is 0.138 e. The number of benzene rings is 1. The van der Waals surface area contributed by atoms with Crippen molar-refractivity contribution in [2.45, 2.75) is 26.7 Å². The maximum absolute atomic E-state index is 4.72. The number of aryl methyl sites for hydroxylation is 1. The molecule has 0 amide bonds. The van der Waals surface area contributed by atoms with E-state index in [1.807, 2.05) is 0 Å². The number of nitrogens with one attached hydrogen (secondary N) is 1. The number of anilines is 1. The zero-order chi connectivity index (χ0) is 14.7. The summed E-state index contributed by atoms with van der Waals surface area (Å²) in [5.41, 5.74) is 2.53. The Hall–Kier alpha value is -1.94. The molecule has 0 saturated carbocycles. The van der Waals surface area contributed by atoms with Gasteiger partial charge in [-0.1, -0.05) is 36.8 Å². The Labute approximate surface area is 129 Å². The molecule has 1 aromatic carbocycles. The largest absolute Gasteiger partial charge is 0.369 e. The lowest BCUT2D eigenvalue weighted by molar-refractivity contribution is 0.947. The molecule has 0 atom stereocenters. The van der Waals surface area contributed by atoms with E-state index in [1.54, 1.807) is 11.3 Å². The maximum atomic E-state index is 4.72. The topological polar surface area (TPSA) is 37.8 Å². The Morgan fingerprint density at radius 3 is 2.90 bits per heavy atom. The first-order valence-electron chi connectivity index (χ1n) is 7.30. The van der Waals surface area contributed by atoms with Crippen molar-refractivity contribution in [3.63, 3.8) is 0 Å². The van der Waals surface area contributed by atoms with Crippen molar-refractivity contribution in [2.75, 3.05) is 11.9 Å². The second kappa shape index (κ2) is 6.22. The summed E-state index contributed by atoms with van der Waals surface area (Å²) in [7, 11) is 0. The molecule has 0 aliphatic carbocycles. The van der Waals surface area contributed by atoms with Crippen LogP contribution in [-0.4, -0.2) is 16.5 Å². The highest BCUT2D eigenvalue weighted by Gasteiger charge is 2.09. The van der Waals surface area contributed by atoms with Crippen LogP contribution in [0.1, 0.15) is 30.3 Å². The number of rotatable bonds is 5. The lowest BCUT2D eigenvalue weighted by Crippen LogP contribution is -2.06. The molecule has 0 radical (unpaired) electrons. The minimum absolute atomic E-state index is 0.774. The molecule has 0 unspecified atom stereocenters. The molecule has 0 bridgehead atoms. The predicted molar refractivity (Wildman–Crippen MR) is 90.2 cm³/mol. The van der Waals surface area contributed by atoms with Gasteiger partial charge in [-0.2, -0.15) is 0 Å². The van der Waals surface area contributed by atoms with E-state index < -0.39 is 0 Å². The number of hydrogen-bond donors (Lipinski definition) is 1. The molecule has 0 aliphatic heterocycles. The number of thiophene rings is 1. The molecule has 2 aromatic heterocycles. The van der Waals surface area contributed by atoms with Gasteiger partial charge in [-0.3, -0.25) is 0 Å². The van der Waals surface area contributed by atoms with Gasteiger partial charge in [0.05, 0.1) is 5.39 Å².